The Labute approximate surface area is 109 Å². The molecular formula is C14H23NOS. The molecule has 0 aliphatic carbocycles. The monoisotopic (exact) mass is 253 g/mol. The molecule has 0 spiro atoms. The third-order valence-electron chi connectivity index (χ3n) is 2.91. The Morgan fingerprint density at radius 1 is 1.24 bits per heavy atom. The molecule has 1 rings (SSSR count). The van der Waals surface area contributed by atoms with Gasteiger partial charge < -0.3 is 10.5 Å². The van der Waals surface area contributed by atoms with Gasteiger partial charge in [0.2, 0.25) is 0 Å². The highest BCUT2D eigenvalue weighted by atomic mass is 32.2. The first-order valence-corrected chi connectivity index (χ1v) is 6.75. The molecule has 0 bridgehead atoms. The SMILES string of the molecule is COc1cc(C)c(C)cc1SC(C)(C)CCN. The van der Waals surface area contributed by atoms with Gasteiger partial charge in [-0.2, -0.15) is 0 Å². The topological polar surface area (TPSA) is 35.2 Å². The first-order chi connectivity index (χ1) is 7.89. The molecule has 3 heteroatoms. The van der Waals surface area contributed by atoms with Gasteiger partial charge in [-0.05, 0) is 50.1 Å². The smallest absolute Gasteiger partial charge is 0.132 e. The summed E-state index contributed by atoms with van der Waals surface area (Å²) < 4.78 is 5.60. The molecule has 2 N–H and O–H groups in total. The lowest BCUT2D eigenvalue weighted by molar-refractivity contribution is 0.404. The van der Waals surface area contributed by atoms with Gasteiger partial charge in [-0.1, -0.05) is 13.8 Å². The summed E-state index contributed by atoms with van der Waals surface area (Å²) in [5.41, 5.74) is 8.22. The van der Waals surface area contributed by atoms with Crippen molar-refractivity contribution in [1.82, 2.24) is 0 Å². The van der Waals surface area contributed by atoms with E-state index in [2.05, 4.69) is 39.8 Å². The number of hydrogen-bond donors (Lipinski definition) is 1. The lowest BCUT2D eigenvalue weighted by Crippen LogP contribution is -2.19. The third-order valence-corrected chi connectivity index (χ3v) is 4.21. The average molecular weight is 253 g/mol. The Morgan fingerprint density at radius 3 is 2.35 bits per heavy atom. The van der Waals surface area contributed by atoms with Gasteiger partial charge in [-0.25, -0.2) is 0 Å². The number of aryl methyl sites for hydroxylation is 2. The average Bonchev–Trinajstić information content (AvgIpc) is 2.22. The number of benzene rings is 1. The molecule has 0 heterocycles. The van der Waals surface area contributed by atoms with Crippen LogP contribution in [0.4, 0.5) is 0 Å². The number of nitrogens with two attached hydrogens (primary N) is 1. The van der Waals surface area contributed by atoms with E-state index in [1.54, 1.807) is 7.11 Å². The van der Waals surface area contributed by atoms with Crippen LogP contribution >= 0.6 is 11.8 Å². The van der Waals surface area contributed by atoms with Crippen LogP contribution in [-0.2, 0) is 0 Å². The normalized spacial score (nSPS) is 11.6. The van der Waals surface area contributed by atoms with Crippen molar-refractivity contribution in [2.45, 2.75) is 43.8 Å². The quantitative estimate of drug-likeness (QED) is 0.815. The summed E-state index contributed by atoms with van der Waals surface area (Å²) >= 11 is 1.84. The Kier molecular flexibility index (Phi) is 4.90. The maximum Gasteiger partial charge on any atom is 0.132 e. The number of hydrogen-bond acceptors (Lipinski definition) is 3. The van der Waals surface area contributed by atoms with Crippen molar-refractivity contribution in [1.29, 1.82) is 0 Å². The molecule has 0 aliphatic rings. The summed E-state index contributed by atoms with van der Waals surface area (Å²) in [7, 11) is 1.73. The molecule has 2 nitrogen and oxygen atoms in total. The van der Waals surface area contributed by atoms with E-state index in [1.807, 2.05) is 11.8 Å². The van der Waals surface area contributed by atoms with Gasteiger partial charge in [0.15, 0.2) is 0 Å². The van der Waals surface area contributed by atoms with Gasteiger partial charge >= 0.3 is 0 Å². The zero-order valence-corrected chi connectivity index (χ0v) is 12.3. The molecule has 17 heavy (non-hydrogen) atoms. The molecular weight excluding hydrogens is 230 g/mol. The van der Waals surface area contributed by atoms with Crippen LogP contribution in [0.3, 0.4) is 0 Å². The molecule has 0 radical (unpaired) electrons. The summed E-state index contributed by atoms with van der Waals surface area (Å²) in [6.07, 6.45) is 0.994. The summed E-state index contributed by atoms with van der Waals surface area (Å²) in [4.78, 5) is 1.20. The highest BCUT2D eigenvalue weighted by molar-refractivity contribution is 8.00. The van der Waals surface area contributed by atoms with Crippen LogP contribution in [0.1, 0.15) is 31.4 Å². The van der Waals surface area contributed by atoms with Crippen molar-refractivity contribution in [2.24, 2.45) is 5.73 Å². The Morgan fingerprint density at radius 2 is 1.82 bits per heavy atom. The van der Waals surface area contributed by atoms with Crippen LogP contribution < -0.4 is 10.5 Å². The fourth-order valence-corrected chi connectivity index (χ4v) is 2.99. The van der Waals surface area contributed by atoms with Crippen molar-refractivity contribution in [3.63, 3.8) is 0 Å². The van der Waals surface area contributed by atoms with Crippen LogP contribution in [0.5, 0.6) is 5.75 Å². The van der Waals surface area contributed by atoms with Crippen molar-refractivity contribution < 1.29 is 4.74 Å². The second-order valence-corrected chi connectivity index (χ2v) is 6.74. The molecule has 96 valence electrons. The van der Waals surface area contributed by atoms with Gasteiger partial charge in [-0.3, -0.25) is 0 Å². The second-order valence-electron chi connectivity index (χ2n) is 4.99. The number of ether oxygens (including phenoxy) is 1. The molecule has 0 fully saturated rings. The minimum absolute atomic E-state index is 0.143. The molecule has 0 aromatic heterocycles. The van der Waals surface area contributed by atoms with Crippen LogP contribution in [0.2, 0.25) is 0 Å². The van der Waals surface area contributed by atoms with Crippen molar-refractivity contribution in [3.05, 3.63) is 23.3 Å². The van der Waals surface area contributed by atoms with Gasteiger partial charge in [-0.15, -0.1) is 11.8 Å². The molecule has 0 saturated heterocycles. The number of rotatable bonds is 5. The largest absolute Gasteiger partial charge is 0.496 e. The van der Waals surface area contributed by atoms with E-state index < -0.39 is 0 Å². The predicted octanol–water partition coefficient (Wildman–Crippen LogP) is 3.53. The van der Waals surface area contributed by atoms with Crippen LogP contribution in [0.15, 0.2) is 17.0 Å². The first-order valence-electron chi connectivity index (χ1n) is 5.94. The van der Waals surface area contributed by atoms with Gasteiger partial charge in [0.1, 0.15) is 5.75 Å². The van der Waals surface area contributed by atoms with Crippen LogP contribution in [0, 0.1) is 13.8 Å². The molecule has 0 saturated carbocycles. The minimum atomic E-state index is 0.143. The summed E-state index contributed by atoms with van der Waals surface area (Å²) in [6, 6.07) is 4.31. The van der Waals surface area contributed by atoms with E-state index >= 15 is 0 Å². The van der Waals surface area contributed by atoms with E-state index in [9.17, 15) is 0 Å². The van der Waals surface area contributed by atoms with E-state index in [0.29, 0.717) is 6.54 Å². The van der Waals surface area contributed by atoms with E-state index in [1.165, 1.54) is 16.0 Å². The molecule has 0 atom stereocenters. The Balaban J connectivity index is 3.01. The maximum absolute atomic E-state index is 5.65. The van der Waals surface area contributed by atoms with Crippen molar-refractivity contribution in [3.8, 4) is 5.75 Å². The fourth-order valence-electron chi connectivity index (χ4n) is 1.70. The highest BCUT2D eigenvalue weighted by Crippen LogP contribution is 2.40. The van der Waals surface area contributed by atoms with Crippen molar-refractivity contribution in [2.75, 3.05) is 13.7 Å². The summed E-state index contributed by atoms with van der Waals surface area (Å²) in [6.45, 7) is 9.40. The fraction of sp³-hybridized carbons (Fsp3) is 0.571. The molecule has 0 unspecified atom stereocenters. The van der Waals surface area contributed by atoms with Crippen LogP contribution in [0.25, 0.3) is 0 Å². The zero-order chi connectivity index (χ0) is 13.1. The molecule has 0 amide bonds. The Hall–Kier alpha value is -0.670. The zero-order valence-electron chi connectivity index (χ0n) is 11.5. The lowest BCUT2D eigenvalue weighted by Gasteiger charge is -2.24. The van der Waals surface area contributed by atoms with E-state index in [4.69, 9.17) is 10.5 Å². The summed E-state index contributed by atoms with van der Waals surface area (Å²) in [5, 5.41) is 0. The van der Waals surface area contributed by atoms with Gasteiger partial charge in [0.05, 0.1) is 12.0 Å². The van der Waals surface area contributed by atoms with Crippen LogP contribution in [-0.4, -0.2) is 18.4 Å². The third kappa shape index (κ3) is 3.93. The van der Waals surface area contributed by atoms with Crippen molar-refractivity contribution >= 4 is 11.8 Å². The molecule has 0 aliphatic heterocycles. The second kappa shape index (κ2) is 5.78. The molecule has 1 aromatic carbocycles. The number of methoxy groups -OCH3 is 1. The van der Waals surface area contributed by atoms with E-state index in [-0.39, 0.29) is 4.75 Å². The summed E-state index contributed by atoms with van der Waals surface area (Å²) in [5.74, 6) is 0.961. The van der Waals surface area contributed by atoms with E-state index in [0.717, 1.165) is 12.2 Å². The number of thioether (sulfide) groups is 1. The maximum atomic E-state index is 5.65. The highest BCUT2D eigenvalue weighted by Gasteiger charge is 2.20. The van der Waals surface area contributed by atoms with Gasteiger partial charge in [0.25, 0.3) is 0 Å². The lowest BCUT2D eigenvalue weighted by atomic mass is 10.1. The Bertz CT molecular complexity index is 388. The predicted molar refractivity (Wildman–Crippen MR) is 76.1 cm³/mol. The molecule has 1 aromatic rings. The first kappa shape index (κ1) is 14.4. The standard InChI is InChI=1S/C14H23NOS/c1-10-8-12(16-5)13(9-11(10)2)17-14(3,4)6-7-15/h8-9H,6-7,15H2,1-5H3. The minimum Gasteiger partial charge on any atom is -0.496 e. The van der Waals surface area contributed by atoms with Gasteiger partial charge in [0, 0.05) is 4.75 Å².